The Hall–Kier alpha value is -1.16. The summed E-state index contributed by atoms with van der Waals surface area (Å²) < 4.78 is 15.3. The maximum Gasteiger partial charge on any atom is 0.123 e. The topological polar surface area (TPSA) is 17.8 Å². The van der Waals surface area contributed by atoms with Crippen LogP contribution in [0.25, 0.3) is 0 Å². The third-order valence-corrected chi connectivity index (χ3v) is 2.58. The summed E-state index contributed by atoms with van der Waals surface area (Å²) in [7, 11) is 0. The Labute approximate surface area is 89.5 Å². The van der Waals surface area contributed by atoms with E-state index in [0.717, 1.165) is 10.2 Å². The first-order valence-electron chi connectivity index (χ1n) is 4.17. The molecule has 14 heavy (non-hydrogen) atoms. The Balaban J connectivity index is 2.19. The van der Waals surface area contributed by atoms with Gasteiger partial charge in [-0.3, -0.25) is 4.68 Å². The zero-order valence-electron chi connectivity index (χ0n) is 7.32. The molecule has 0 amide bonds. The molecule has 2 aromatic rings. The summed E-state index contributed by atoms with van der Waals surface area (Å²) in [6.07, 6.45) is 1.72. The van der Waals surface area contributed by atoms with Crippen LogP contribution in [0.2, 0.25) is 0 Å². The van der Waals surface area contributed by atoms with Crippen LogP contribution in [0.3, 0.4) is 0 Å². The number of rotatable bonds is 2. The largest absolute Gasteiger partial charge is 0.254 e. The fraction of sp³-hybridized carbons (Fsp3) is 0.100. The molecule has 0 radical (unpaired) electrons. The minimum Gasteiger partial charge on any atom is -0.254 e. The molecular formula is C10H8BrFN2. The van der Waals surface area contributed by atoms with E-state index in [9.17, 15) is 4.39 Å². The van der Waals surface area contributed by atoms with Crippen molar-refractivity contribution < 1.29 is 4.39 Å². The highest BCUT2D eigenvalue weighted by atomic mass is 79.9. The molecule has 2 rings (SSSR count). The normalized spacial score (nSPS) is 10.4. The SMILES string of the molecule is Fc1ccc(Cn2nccc2Br)cc1. The van der Waals surface area contributed by atoms with Gasteiger partial charge in [-0.25, -0.2) is 4.39 Å². The van der Waals surface area contributed by atoms with E-state index in [2.05, 4.69) is 21.0 Å². The third-order valence-electron chi connectivity index (χ3n) is 1.91. The molecule has 1 heterocycles. The van der Waals surface area contributed by atoms with Gasteiger partial charge in [-0.05, 0) is 39.7 Å². The molecule has 0 aliphatic carbocycles. The number of hydrogen-bond acceptors (Lipinski definition) is 1. The van der Waals surface area contributed by atoms with Crippen LogP contribution in [-0.2, 0) is 6.54 Å². The molecule has 1 aromatic carbocycles. The van der Waals surface area contributed by atoms with E-state index in [-0.39, 0.29) is 5.82 Å². The first-order chi connectivity index (χ1) is 6.75. The van der Waals surface area contributed by atoms with Crippen LogP contribution in [0.4, 0.5) is 4.39 Å². The molecule has 0 aliphatic rings. The van der Waals surface area contributed by atoms with Gasteiger partial charge in [0.15, 0.2) is 0 Å². The second-order valence-corrected chi connectivity index (χ2v) is 3.75. The highest BCUT2D eigenvalue weighted by Crippen LogP contribution is 2.11. The molecule has 72 valence electrons. The van der Waals surface area contributed by atoms with Crippen LogP contribution in [0.5, 0.6) is 0 Å². The lowest BCUT2D eigenvalue weighted by atomic mass is 10.2. The first-order valence-corrected chi connectivity index (χ1v) is 4.97. The zero-order chi connectivity index (χ0) is 9.97. The highest BCUT2D eigenvalue weighted by molar-refractivity contribution is 9.10. The molecule has 1 aromatic heterocycles. The number of hydrogen-bond donors (Lipinski definition) is 0. The lowest BCUT2D eigenvalue weighted by Crippen LogP contribution is -2.01. The molecule has 4 heteroatoms. The monoisotopic (exact) mass is 254 g/mol. The second-order valence-electron chi connectivity index (χ2n) is 2.94. The van der Waals surface area contributed by atoms with Crippen LogP contribution >= 0.6 is 15.9 Å². The van der Waals surface area contributed by atoms with Crippen molar-refractivity contribution in [3.05, 3.63) is 52.5 Å². The van der Waals surface area contributed by atoms with Gasteiger partial charge in [-0.2, -0.15) is 5.10 Å². The van der Waals surface area contributed by atoms with Gasteiger partial charge >= 0.3 is 0 Å². The Bertz CT molecular complexity index is 422. The smallest absolute Gasteiger partial charge is 0.123 e. The molecule has 0 fully saturated rings. The van der Waals surface area contributed by atoms with Crippen molar-refractivity contribution in [2.45, 2.75) is 6.54 Å². The molecular weight excluding hydrogens is 247 g/mol. The van der Waals surface area contributed by atoms with Crippen LogP contribution in [0.1, 0.15) is 5.56 Å². The van der Waals surface area contributed by atoms with Gasteiger partial charge in [0.2, 0.25) is 0 Å². The van der Waals surface area contributed by atoms with Crippen molar-refractivity contribution in [3.8, 4) is 0 Å². The Morgan fingerprint density at radius 1 is 1.21 bits per heavy atom. The fourth-order valence-electron chi connectivity index (χ4n) is 1.20. The Morgan fingerprint density at radius 2 is 1.93 bits per heavy atom. The standard InChI is InChI=1S/C10H8BrFN2/c11-10-5-6-13-14(10)7-8-1-3-9(12)4-2-8/h1-6H,7H2. The number of halogens is 2. The van der Waals surface area contributed by atoms with Crippen LogP contribution < -0.4 is 0 Å². The van der Waals surface area contributed by atoms with Gasteiger partial charge in [0.25, 0.3) is 0 Å². The van der Waals surface area contributed by atoms with E-state index < -0.39 is 0 Å². The van der Waals surface area contributed by atoms with Gasteiger partial charge in [0, 0.05) is 0 Å². The lowest BCUT2D eigenvalue weighted by Gasteiger charge is -2.02. The van der Waals surface area contributed by atoms with E-state index in [4.69, 9.17) is 0 Å². The molecule has 0 aliphatic heterocycles. The maximum absolute atomic E-state index is 12.6. The van der Waals surface area contributed by atoms with Gasteiger partial charge in [0.05, 0.1) is 12.7 Å². The van der Waals surface area contributed by atoms with Crippen molar-refractivity contribution in [1.82, 2.24) is 9.78 Å². The quantitative estimate of drug-likeness (QED) is 0.806. The summed E-state index contributed by atoms with van der Waals surface area (Å²) in [6, 6.07) is 8.27. The first kappa shape index (κ1) is 9.40. The minimum absolute atomic E-state index is 0.215. The van der Waals surface area contributed by atoms with E-state index in [1.54, 1.807) is 23.0 Å². The summed E-state index contributed by atoms with van der Waals surface area (Å²) in [4.78, 5) is 0. The van der Waals surface area contributed by atoms with E-state index in [1.807, 2.05) is 6.07 Å². The Kier molecular flexibility index (Phi) is 2.63. The summed E-state index contributed by atoms with van der Waals surface area (Å²) in [5.41, 5.74) is 1.02. The van der Waals surface area contributed by atoms with Gasteiger partial charge in [-0.1, -0.05) is 12.1 Å². The number of aromatic nitrogens is 2. The van der Waals surface area contributed by atoms with E-state index >= 15 is 0 Å². The summed E-state index contributed by atoms with van der Waals surface area (Å²) in [6.45, 7) is 0.647. The zero-order valence-corrected chi connectivity index (χ0v) is 8.91. The fourth-order valence-corrected chi connectivity index (χ4v) is 1.53. The average Bonchev–Trinajstić information content (AvgIpc) is 2.56. The predicted octanol–water partition coefficient (Wildman–Crippen LogP) is 2.83. The minimum atomic E-state index is -0.215. The summed E-state index contributed by atoms with van der Waals surface area (Å²) in [5, 5.41) is 4.11. The van der Waals surface area contributed by atoms with E-state index in [0.29, 0.717) is 6.54 Å². The predicted molar refractivity (Wildman–Crippen MR) is 55.4 cm³/mol. The summed E-state index contributed by atoms with van der Waals surface area (Å²) >= 11 is 3.36. The molecule has 2 nitrogen and oxygen atoms in total. The highest BCUT2D eigenvalue weighted by Gasteiger charge is 1.99. The van der Waals surface area contributed by atoms with Crippen LogP contribution in [0, 0.1) is 5.82 Å². The van der Waals surface area contributed by atoms with Crippen LogP contribution in [-0.4, -0.2) is 9.78 Å². The number of benzene rings is 1. The Morgan fingerprint density at radius 3 is 2.50 bits per heavy atom. The molecule has 0 bridgehead atoms. The number of nitrogens with zero attached hydrogens (tertiary/aromatic N) is 2. The lowest BCUT2D eigenvalue weighted by molar-refractivity contribution is 0.623. The molecule has 0 saturated carbocycles. The van der Waals surface area contributed by atoms with Crippen molar-refractivity contribution in [2.75, 3.05) is 0 Å². The van der Waals surface area contributed by atoms with Crippen molar-refractivity contribution in [2.24, 2.45) is 0 Å². The average molecular weight is 255 g/mol. The molecule has 0 unspecified atom stereocenters. The maximum atomic E-state index is 12.6. The summed E-state index contributed by atoms with van der Waals surface area (Å²) in [5.74, 6) is -0.215. The van der Waals surface area contributed by atoms with Crippen molar-refractivity contribution >= 4 is 15.9 Å². The molecule has 0 N–H and O–H groups in total. The molecule has 0 saturated heterocycles. The van der Waals surface area contributed by atoms with E-state index in [1.165, 1.54) is 12.1 Å². The van der Waals surface area contributed by atoms with Gasteiger partial charge in [-0.15, -0.1) is 0 Å². The third kappa shape index (κ3) is 2.01. The van der Waals surface area contributed by atoms with Gasteiger partial charge in [0.1, 0.15) is 10.4 Å². The molecule has 0 atom stereocenters. The van der Waals surface area contributed by atoms with Crippen molar-refractivity contribution in [3.63, 3.8) is 0 Å². The van der Waals surface area contributed by atoms with Crippen LogP contribution in [0.15, 0.2) is 41.1 Å². The molecule has 0 spiro atoms. The van der Waals surface area contributed by atoms with Gasteiger partial charge < -0.3 is 0 Å². The second kappa shape index (κ2) is 3.92. The van der Waals surface area contributed by atoms with Crippen molar-refractivity contribution in [1.29, 1.82) is 0 Å².